The van der Waals surface area contributed by atoms with Gasteiger partial charge < -0.3 is 9.52 Å². The predicted octanol–water partition coefficient (Wildman–Crippen LogP) is 5.14. The first kappa shape index (κ1) is 16.4. The molecule has 2 aromatic rings. The van der Waals surface area contributed by atoms with Crippen LogP contribution in [0.4, 0.5) is 0 Å². The summed E-state index contributed by atoms with van der Waals surface area (Å²) in [4.78, 5) is 3.02. The van der Waals surface area contributed by atoms with Crippen molar-refractivity contribution in [1.29, 1.82) is 5.39 Å². The fraction of sp³-hybridized carbons (Fsp3) is 0.263. The minimum absolute atomic E-state index is 0.0600. The van der Waals surface area contributed by atoms with Crippen LogP contribution in [0.15, 0.2) is 52.8 Å². The number of aliphatic hydroxyl groups is 1. The highest BCUT2D eigenvalue weighted by atomic mass is 16.3. The Labute approximate surface area is 136 Å². The molecule has 116 valence electrons. The van der Waals surface area contributed by atoms with Crippen LogP contribution in [0, 0.1) is 17.2 Å². The van der Waals surface area contributed by atoms with Crippen LogP contribution >= 0.6 is 0 Å². The Balaban J connectivity index is 1.95. The van der Waals surface area contributed by atoms with Gasteiger partial charge in [-0.25, -0.2) is 0 Å². The molecule has 1 aromatic carbocycles. The van der Waals surface area contributed by atoms with Crippen molar-refractivity contribution < 1.29 is 9.52 Å². The highest BCUT2D eigenvalue weighted by molar-refractivity contribution is 5.68. The van der Waals surface area contributed by atoms with Gasteiger partial charge in [-0.1, -0.05) is 24.0 Å². The van der Waals surface area contributed by atoms with Gasteiger partial charge in [0.2, 0.25) is 11.2 Å². The largest absolute Gasteiger partial charge is 0.501 e. The van der Waals surface area contributed by atoms with Crippen LogP contribution in [0.3, 0.4) is 0 Å². The number of diazo groups is 1. The van der Waals surface area contributed by atoms with Gasteiger partial charge in [-0.05, 0) is 37.1 Å². The minimum Gasteiger partial charge on any atom is -0.501 e. The molecule has 23 heavy (non-hydrogen) atoms. The molecule has 0 spiro atoms. The summed E-state index contributed by atoms with van der Waals surface area (Å²) in [7, 11) is 0. The maximum absolute atomic E-state index is 10.1. The van der Waals surface area contributed by atoms with Crippen molar-refractivity contribution >= 4 is 5.76 Å². The molecule has 0 bridgehead atoms. The Morgan fingerprint density at radius 2 is 2.04 bits per heavy atom. The van der Waals surface area contributed by atoms with Crippen molar-refractivity contribution in [2.45, 2.75) is 32.6 Å². The number of hydrogen-bond acceptors (Lipinski definition) is 3. The molecule has 0 atom stereocenters. The Bertz CT molecular complexity index is 772. The number of benzene rings is 1. The number of aliphatic hydroxyl groups excluding tert-OH is 1. The molecule has 0 radical (unpaired) electrons. The lowest BCUT2D eigenvalue weighted by Crippen LogP contribution is -1.90. The fourth-order valence-corrected chi connectivity index (χ4v) is 2.17. The third kappa shape index (κ3) is 4.76. The van der Waals surface area contributed by atoms with Gasteiger partial charge in [0, 0.05) is 30.9 Å². The molecule has 1 heterocycles. The molecule has 1 aromatic heterocycles. The van der Waals surface area contributed by atoms with Gasteiger partial charge >= 0.3 is 5.70 Å². The van der Waals surface area contributed by atoms with Crippen LogP contribution in [-0.4, -0.2) is 5.11 Å². The first-order valence-electron chi connectivity index (χ1n) is 7.58. The number of unbranched alkanes of at least 4 members (excludes halogenated alkanes) is 2. The number of nitrogens with zero attached hydrogens (tertiary/aromatic N) is 2. The summed E-state index contributed by atoms with van der Waals surface area (Å²) in [6, 6.07) is 11.1. The average Bonchev–Trinajstić information content (AvgIpc) is 3.10. The average molecular weight is 307 g/mol. The lowest BCUT2D eigenvalue weighted by atomic mass is 10.0. The van der Waals surface area contributed by atoms with Crippen molar-refractivity contribution in [3.05, 3.63) is 70.2 Å². The quantitative estimate of drug-likeness (QED) is 0.360. The zero-order chi connectivity index (χ0) is 16.5. The van der Waals surface area contributed by atoms with Crippen molar-refractivity contribution in [3.8, 4) is 11.8 Å². The van der Waals surface area contributed by atoms with E-state index in [1.165, 1.54) is 6.92 Å². The molecular formula is C19H19N2O2+. The van der Waals surface area contributed by atoms with Crippen molar-refractivity contribution in [2.75, 3.05) is 0 Å². The number of aryl methyl sites for hydroxylation is 1. The maximum atomic E-state index is 10.1. The first-order chi connectivity index (χ1) is 11.2. The predicted molar refractivity (Wildman–Crippen MR) is 89.9 cm³/mol. The third-order valence-electron chi connectivity index (χ3n) is 3.45. The molecule has 2 rings (SSSR count). The van der Waals surface area contributed by atoms with Gasteiger partial charge in [0.1, 0.15) is 5.76 Å². The molecule has 0 amide bonds. The van der Waals surface area contributed by atoms with Crippen LogP contribution in [0.25, 0.3) is 10.7 Å². The Morgan fingerprint density at radius 1 is 1.22 bits per heavy atom. The maximum Gasteiger partial charge on any atom is 0.400 e. The molecule has 0 aliphatic rings. The van der Waals surface area contributed by atoms with Crippen LogP contribution in [0.2, 0.25) is 0 Å². The van der Waals surface area contributed by atoms with Gasteiger partial charge in [0.25, 0.3) is 0 Å². The van der Waals surface area contributed by atoms with E-state index in [1.54, 1.807) is 12.3 Å². The summed E-state index contributed by atoms with van der Waals surface area (Å²) in [6.07, 6.45) is 5.40. The van der Waals surface area contributed by atoms with Crippen LogP contribution in [0.5, 0.6) is 0 Å². The smallest absolute Gasteiger partial charge is 0.400 e. The van der Waals surface area contributed by atoms with Gasteiger partial charge in [0.05, 0.1) is 6.26 Å². The number of furan rings is 1. The lowest BCUT2D eigenvalue weighted by Gasteiger charge is -2.00. The second kappa shape index (κ2) is 8.46. The van der Waals surface area contributed by atoms with Crippen LogP contribution in [0.1, 0.15) is 43.1 Å². The molecule has 4 nitrogen and oxygen atoms in total. The normalized spacial score (nSPS) is 11.1. The molecule has 0 aliphatic carbocycles. The van der Waals surface area contributed by atoms with Crippen LogP contribution < -0.4 is 0 Å². The van der Waals surface area contributed by atoms with E-state index in [0.29, 0.717) is 5.56 Å². The van der Waals surface area contributed by atoms with E-state index >= 15 is 0 Å². The number of hydrogen-bond donors (Lipinski definition) is 1. The second-order valence-corrected chi connectivity index (χ2v) is 5.17. The minimum atomic E-state index is -0.0600. The number of rotatable bonds is 5. The summed E-state index contributed by atoms with van der Waals surface area (Å²) in [5, 5.41) is 18.8. The SMILES string of the molecule is C/C([N+]#N)=C(/O)c1ccccc1C#CCCCCc1ccco1. The summed E-state index contributed by atoms with van der Waals surface area (Å²) in [5.41, 5.74) is 1.46. The standard InChI is InChI=1S/C19H18N2O2/c1-15(21-20)19(22)18-13-7-6-10-16(18)9-4-2-3-5-11-17-12-8-14-23-17/h6-8,10,12-14H,2-3,5,11H2,1H3/p+1/b19-15-. The Kier molecular flexibility index (Phi) is 6.03. The van der Waals surface area contributed by atoms with E-state index in [0.717, 1.165) is 37.0 Å². The molecular weight excluding hydrogens is 288 g/mol. The van der Waals surface area contributed by atoms with Crippen molar-refractivity contribution in [2.24, 2.45) is 0 Å². The van der Waals surface area contributed by atoms with E-state index in [4.69, 9.17) is 9.81 Å². The summed E-state index contributed by atoms with van der Waals surface area (Å²) in [5.74, 6) is 7.14. The number of allylic oxidation sites excluding steroid dienone is 1. The highest BCUT2D eigenvalue weighted by Gasteiger charge is 2.15. The van der Waals surface area contributed by atoms with Gasteiger partial charge in [-0.15, -0.1) is 0 Å². The second-order valence-electron chi connectivity index (χ2n) is 5.17. The zero-order valence-corrected chi connectivity index (χ0v) is 13.1. The van der Waals surface area contributed by atoms with E-state index in [1.807, 2.05) is 30.3 Å². The van der Waals surface area contributed by atoms with E-state index < -0.39 is 0 Å². The van der Waals surface area contributed by atoms with E-state index in [9.17, 15) is 5.11 Å². The van der Waals surface area contributed by atoms with Crippen molar-refractivity contribution in [3.63, 3.8) is 0 Å². The summed E-state index contributed by atoms with van der Waals surface area (Å²) in [6.45, 7) is 1.54. The topological polar surface area (TPSA) is 61.5 Å². The molecule has 0 saturated carbocycles. The van der Waals surface area contributed by atoms with Gasteiger partial charge in [-0.2, -0.15) is 0 Å². The summed E-state index contributed by atoms with van der Waals surface area (Å²) < 4.78 is 5.29. The van der Waals surface area contributed by atoms with E-state index in [-0.39, 0.29) is 11.5 Å². The lowest BCUT2D eigenvalue weighted by molar-refractivity contribution is 0.499. The molecule has 1 N–H and O–H groups in total. The van der Waals surface area contributed by atoms with Gasteiger partial charge in [-0.3, -0.25) is 0 Å². The zero-order valence-electron chi connectivity index (χ0n) is 13.1. The summed E-state index contributed by atoms with van der Waals surface area (Å²) >= 11 is 0. The molecule has 0 unspecified atom stereocenters. The van der Waals surface area contributed by atoms with E-state index in [2.05, 4.69) is 16.8 Å². The monoisotopic (exact) mass is 307 g/mol. The Hall–Kier alpha value is -2.98. The van der Waals surface area contributed by atoms with Crippen molar-refractivity contribution in [1.82, 2.24) is 0 Å². The molecule has 4 heteroatoms. The van der Waals surface area contributed by atoms with Gasteiger partial charge in [0.15, 0.2) is 4.98 Å². The van der Waals surface area contributed by atoms with Crippen LogP contribution in [-0.2, 0) is 6.42 Å². The molecule has 0 aliphatic heterocycles. The first-order valence-corrected chi connectivity index (χ1v) is 7.58. The highest BCUT2D eigenvalue weighted by Crippen LogP contribution is 2.20. The molecule has 0 saturated heterocycles. The third-order valence-corrected chi connectivity index (χ3v) is 3.45. The molecule has 0 fully saturated rings. The fourth-order valence-electron chi connectivity index (χ4n) is 2.17. The Morgan fingerprint density at radius 3 is 2.78 bits per heavy atom.